The maximum Gasteiger partial charge on any atom is 0.335 e. The highest BCUT2D eigenvalue weighted by Gasteiger charge is 2.18. The van der Waals surface area contributed by atoms with E-state index in [1.807, 2.05) is 0 Å². The van der Waals surface area contributed by atoms with E-state index in [1.165, 1.54) is 12.1 Å². The second kappa shape index (κ2) is 4.59. The number of rotatable bonds is 4. The molecule has 0 saturated carbocycles. The minimum Gasteiger partial charge on any atom is -0.481 e. The maximum absolute atomic E-state index is 10.9. The smallest absolute Gasteiger partial charge is 0.335 e. The quantitative estimate of drug-likeness (QED) is 0.793. The Kier molecular flexibility index (Phi) is 3.44. The fraction of sp³-hybridized carbons (Fsp3) is 0.273. The van der Waals surface area contributed by atoms with Crippen molar-refractivity contribution in [3.05, 3.63) is 35.4 Å². The molecule has 1 aromatic rings. The van der Waals surface area contributed by atoms with Gasteiger partial charge in [0.05, 0.1) is 11.5 Å². The van der Waals surface area contributed by atoms with Crippen LogP contribution in [-0.2, 0) is 4.79 Å². The van der Waals surface area contributed by atoms with Crippen LogP contribution in [0.15, 0.2) is 24.3 Å². The summed E-state index contributed by atoms with van der Waals surface area (Å²) in [6.45, 7) is 1.76. The summed E-state index contributed by atoms with van der Waals surface area (Å²) in [6.07, 6.45) is 0.443. The van der Waals surface area contributed by atoms with E-state index in [1.54, 1.807) is 19.1 Å². The highest BCUT2D eigenvalue weighted by Crippen LogP contribution is 2.20. The third-order valence-corrected chi connectivity index (χ3v) is 2.24. The van der Waals surface area contributed by atoms with Gasteiger partial charge in [-0.3, -0.25) is 4.79 Å². The van der Waals surface area contributed by atoms with Crippen LogP contribution >= 0.6 is 0 Å². The molecule has 1 unspecified atom stereocenters. The Morgan fingerprint density at radius 3 is 2.47 bits per heavy atom. The predicted octanol–water partition coefficient (Wildman–Crippen LogP) is 1.96. The topological polar surface area (TPSA) is 74.6 Å². The molecule has 1 aromatic carbocycles. The van der Waals surface area contributed by atoms with Gasteiger partial charge in [-0.15, -0.1) is 0 Å². The first kappa shape index (κ1) is 11.2. The lowest BCUT2D eigenvalue weighted by Gasteiger charge is -2.10. The van der Waals surface area contributed by atoms with Crippen molar-refractivity contribution in [2.24, 2.45) is 0 Å². The predicted molar refractivity (Wildman–Crippen MR) is 54.1 cm³/mol. The summed E-state index contributed by atoms with van der Waals surface area (Å²) in [5.74, 6) is -2.61. The van der Waals surface area contributed by atoms with Gasteiger partial charge in [0.15, 0.2) is 0 Å². The van der Waals surface area contributed by atoms with Gasteiger partial charge < -0.3 is 10.2 Å². The van der Waals surface area contributed by atoms with Crippen molar-refractivity contribution in [3.63, 3.8) is 0 Å². The van der Waals surface area contributed by atoms with E-state index in [4.69, 9.17) is 10.2 Å². The molecule has 1 atom stereocenters. The van der Waals surface area contributed by atoms with Crippen LogP contribution in [-0.4, -0.2) is 22.2 Å². The van der Waals surface area contributed by atoms with Crippen molar-refractivity contribution in [3.8, 4) is 0 Å². The molecule has 4 heteroatoms. The van der Waals surface area contributed by atoms with Crippen molar-refractivity contribution in [2.45, 2.75) is 19.3 Å². The zero-order chi connectivity index (χ0) is 11.4. The number of hydrogen-bond donors (Lipinski definition) is 2. The lowest BCUT2D eigenvalue weighted by molar-refractivity contribution is -0.138. The van der Waals surface area contributed by atoms with Crippen LogP contribution in [0.2, 0.25) is 0 Å². The van der Waals surface area contributed by atoms with Crippen LogP contribution in [0, 0.1) is 0 Å². The normalized spacial score (nSPS) is 12.1. The van der Waals surface area contributed by atoms with Crippen molar-refractivity contribution in [2.75, 3.05) is 0 Å². The minimum absolute atomic E-state index is 0.118. The Morgan fingerprint density at radius 2 is 2.00 bits per heavy atom. The number of aliphatic carboxylic acids is 1. The molecular formula is C11H12O4. The minimum atomic E-state index is -1.04. The van der Waals surface area contributed by atoms with E-state index in [0.29, 0.717) is 12.0 Å². The number of carboxylic acids is 2. The Hall–Kier alpha value is -1.84. The number of benzene rings is 1. The molecule has 0 aliphatic carbocycles. The van der Waals surface area contributed by atoms with E-state index < -0.39 is 17.9 Å². The van der Waals surface area contributed by atoms with Gasteiger partial charge in [0.2, 0.25) is 0 Å². The largest absolute Gasteiger partial charge is 0.481 e. The van der Waals surface area contributed by atoms with Crippen molar-refractivity contribution >= 4 is 11.9 Å². The lowest BCUT2D eigenvalue weighted by Crippen LogP contribution is -2.11. The molecule has 1 rings (SSSR count). The Bertz CT molecular complexity index is 384. The van der Waals surface area contributed by atoms with Crippen LogP contribution < -0.4 is 0 Å². The molecule has 0 bridgehead atoms. The van der Waals surface area contributed by atoms with Gasteiger partial charge in [0.1, 0.15) is 0 Å². The lowest BCUT2D eigenvalue weighted by atomic mass is 9.95. The first-order valence-electron chi connectivity index (χ1n) is 4.62. The van der Waals surface area contributed by atoms with E-state index in [-0.39, 0.29) is 5.56 Å². The van der Waals surface area contributed by atoms with Gasteiger partial charge in [0.25, 0.3) is 0 Å². The average molecular weight is 208 g/mol. The fourth-order valence-corrected chi connectivity index (χ4v) is 1.44. The first-order chi connectivity index (χ1) is 7.06. The third-order valence-electron chi connectivity index (χ3n) is 2.24. The molecule has 15 heavy (non-hydrogen) atoms. The number of carbonyl (C=O) groups is 2. The van der Waals surface area contributed by atoms with Gasteiger partial charge >= 0.3 is 11.9 Å². The fourth-order valence-electron chi connectivity index (χ4n) is 1.44. The van der Waals surface area contributed by atoms with Crippen molar-refractivity contribution in [1.82, 2.24) is 0 Å². The third kappa shape index (κ3) is 2.56. The standard InChI is InChI=1S/C11H12O4/c1-2-9(11(14)15)7-4-3-5-8(6-7)10(12)13/h3-6,9H,2H2,1H3,(H,12,13)(H,14,15). The molecule has 0 aliphatic rings. The summed E-state index contributed by atoms with van der Waals surface area (Å²) in [7, 11) is 0. The van der Waals surface area contributed by atoms with Crippen molar-refractivity contribution < 1.29 is 19.8 Å². The molecule has 0 fully saturated rings. The van der Waals surface area contributed by atoms with E-state index in [2.05, 4.69) is 0 Å². The summed E-state index contributed by atoms with van der Waals surface area (Å²) in [5, 5.41) is 17.7. The summed E-state index contributed by atoms with van der Waals surface area (Å²) in [6, 6.07) is 6.05. The van der Waals surface area contributed by atoms with Gasteiger partial charge in [-0.1, -0.05) is 19.1 Å². The molecule has 0 radical (unpaired) electrons. The molecule has 0 saturated heterocycles. The summed E-state index contributed by atoms with van der Waals surface area (Å²) in [4.78, 5) is 21.6. The van der Waals surface area contributed by atoms with Crippen LogP contribution in [0.1, 0.15) is 35.2 Å². The highest BCUT2D eigenvalue weighted by atomic mass is 16.4. The van der Waals surface area contributed by atoms with Gasteiger partial charge in [-0.2, -0.15) is 0 Å². The molecule has 0 amide bonds. The average Bonchev–Trinajstić information content (AvgIpc) is 2.18. The van der Waals surface area contributed by atoms with Gasteiger partial charge in [0, 0.05) is 0 Å². The van der Waals surface area contributed by atoms with Crippen LogP contribution in [0.25, 0.3) is 0 Å². The summed E-state index contributed by atoms with van der Waals surface area (Å²) in [5.41, 5.74) is 0.650. The van der Waals surface area contributed by atoms with Crippen LogP contribution in [0.4, 0.5) is 0 Å². The number of hydrogen-bond acceptors (Lipinski definition) is 2. The number of carboxylic acid groups (broad SMARTS) is 2. The molecule has 0 aromatic heterocycles. The van der Waals surface area contributed by atoms with Crippen LogP contribution in [0.5, 0.6) is 0 Å². The second-order valence-electron chi connectivity index (χ2n) is 3.23. The van der Waals surface area contributed by atoms with E-state index in [9.17, 15) is 9.59 Å². The van der Waals surface area contributed by atoms with E-state index in [0.717, 1.165) is 0 Å². The maximum atomic E-state index is 10.9. The molecule has 0 aliphatic heterocycles. The molecule has 80 valence electrons. The number of aromatic carboxylic acids is 1. The Labute approximate surface area is 87.2 Å². The summed E-state index contributed by atoms with van der Waals surface area (Å²) >= 11 is 0. The zero-order valence-corrected chi connectivity index (χ0v) is 8.30. The molecular weight excluding hydrogens is 196 g/mol. The van der Waals surface area contributed by atoms with Gasteiger partial charge in [-0.05, 0) is 24.1 Å². The molecule has 0 spiro atoms. The second-order valence-corrected chi connectivity index (χ2v) is 3.23. The highest BCUT2D eigenvalue weighted by molar-refractivity contribution is 5.88. The van der Waals surface area contributed by atoms with E-state index >= 15 is 0 Å². The van der Waals surface area contributed by atoms with Crippen LogP contribution in [0.3, 0.4) is 0 Å². The Balaban J connectivity index is 3.08. The van der Waals surface area contributed by atoms with Crippen molar-refractivity contribution in [1.29, 1.82) is 0 Å². The zero-order valence-electron chi connectivity index (χ0n) is 8.30. The Morgan fingerprint density at radius 1 is 1.33 bits per heavy atom. The monoisotopic (exact) mass is 208 g/mol. The van der Waals surface area contributed by atoms with Gasteiger partial charge in [-0.25, -0.2) is 4.79 Å². The summed E-state index contributed by atoms with van der Waals surface area (Å²) < 4.78 is 0. The molecule has 2 N–H and O–H groups in total. The first-order valence-corrected chi connectivity index (χ1v) is 4.62. The molecule has 0 heterocycles. The molecule has 4 nitrogen and oxygen atoms in total. The SMILES string of the molecule is CCC(C(=O)O)c1cccc(C(=O)O)c1.